The molecule has 4 aromatic rings. The Hall–Kier alpha value is -4.13. The van der Waals surface area contributed by atoms with Crippen molar-refractivity contribution in [1.82, 2.24) is 20.1 Å². The van der Waals surface area contributed by atoms with Gasteiger partial charge in [0, 0.05) is 30.7 Å². The molecule has 0 fully saturated rings. The number of benzene rings is 2. The molecule has 0 unspecified atom stereocenters. The van der Waals surface area contributed by atoms with Crippen LogP contribution >= 0.6 is 0 Å². The molecule has 0 aliphatic carbocycles. The fourth-order valence-electron chi connectivity index (χ4n) is 3.24. The van der Waals surface area contributed by atoms with Gasteiger partial charge >= 0.3 is 0 Å². The van der Waals surface area contributed by atoms with E-state index >= 15 is 0 Å². The number of pyridine rings is 1. The summed E-state index contributed by atoms with van der Waals surface area (Å²) in [6, 6.07) is 18.9. The van der Waals surface area contributed by atoms with E-state index in [4.69, 9.17) is 9.47 Å². The summed E-state index contributed by atoms with van der Waals surface area (Å²) in [5, 5.41) is 7.53. The standard InChI is InChI=1S/C24H22N4O3/c1-30-21-9-8-18(14-22(21)31-2)20-16-28(19-6-4-3-5-7-19)27-23(20)24(29)26-15-17-10-12-25-13-11-17/h3-14,16H,15H2,1-2H3,(H,26,29). The first-order valence-corrected chi connectivity index (χ1v) is 9.74. The molecule has 7 heteroatoms. The van der Waals surface area contributed by atoms with E-state index in [1.54, 1.807) is 31.3 Å². The number of hydrogen-bond acceptors (Lipinski definition) is 5. The van der Waals surface area contributed by atoms with Crippen molar-refractivity contribution in [3.63, 3.8) is 0 Å². The molecule has 4 rings (SSSR count). The zero-order chi connectivity index (χ0) is 21.6. The van der Waals surface area contributed by atoms with Crippen LogP contribution in [0.3, 0.4) is 0 Å². The third-order valence-corrected chi connectivity index (χ3v) is 4.85. The highest BCUT2D eigenvalue weighted by Gasteiger charge is 2.20. The molecule has 1 amide bonds. The van der Waals surface area contributed by atoms with Crippen molar-refractivity contribution >= 4 is 5.91 Å². The Morgan fingerprint density at radius 2 is 1.71 bits per heavy atom. The van der Waals surface area contributed by atoms with Crippen LogP contribution in [0.1, 0.15) is 16.1 Å². The Kier molecular flexibility index (Phi) is 5.93. The quantitative estimate of drug-likeness (QED) is 0.497. The van der Waals surface area contributed by atoms with Crippen LogP contribution in [0, 0.1) is 0 Å². The van der Waals surface area contributed by atoms with Crippen LogP contribution in [0.25, 0.3) is 16.8 Å². The van der Waals surface area contributed by atoms with Crippen molar-refractivity contribution in [2.45, 2.75) is 6.54 Å². The van der Waals surface area contributed by atoms with Crippen LogP contribution in [-0.4, -0.2) is 34.9 Å². The number of aromatic nitrogens is 3. The number of nitrogens with one attached hydrogen (secondary N) is 1. The number of carbonyl (C=O) groups excluding carboxylic acids is 1. The lowest BCUT2D eigenvalue weighted by Crippen LogP contribution is -2.24. The molecular formula is C24H22N4O3. The second-order valence-corrected chi connectivity index (χ2v) is 6.78. The maximum absolute atomic E-state index is 13.1. The van der Waals surface area contributed by atoms with Crippen LogP contribution < -0.4 is 14.8 Å². The second-order valence-electron chi connectivity index (χ2n) is 6.78. The Labute approximate surface area is 180 Å². The highest BCUT2D eigenvalue weighted by molar-refractivity contribution is 5.99. The van der Waals surface area contributed by atoms with Gasteiger partial charge in [0.1, 0.15) is 0 Å². The number of hydrogen-bond donors (Lipinski definition) is 1. The van der Waals surface area contributed by atoms with Crippen LogP contribution in [0.4, 0.5) is 0 Å². The summed E-state index contributed by atoms with van der Waals surface area (Å²) >= 11 is 0. The van der Waals surface area contributed by atoms with Crippen LogP contribution in [0.2, 0.25) is 0 Å². The maximum atomic E-state index is 13.1. The van der Waals surface area contributed by atoms with Gasteiger partial charge in [-0.05, 0) is 47.5 Å². The van der Waals surface area contributed by atoms with E-state index in [0.717, 1.165) is 16.8 Å². The Morgan fingerprint density at radius 1 is 0.968 bits per heavy atom. The van der Waals surface area contributed by atoms with E-state index in [1.165, 1.54) is 0 Å². The molecule has 31 heavy (non-hydrogen) atoms. The molecular weight excluding hydrogens is 392 g/mol. The first-order chi connectivity index (χ1) is 15.2. The number of carbonyl (C=O) groups is 1. The number of methoxy groups -OCH3 is 2. The van der Waals surface area contributed by atoms with Gasteiger partial charge in [0.2, 0.25) is 0 Å². The molecule has 0 saturated carbocycles. The van der Waals surface area contributed by atoms with E-state index < -0.39 is 0 Å². The number of ether oxygens (including phenoxy) is 2. The van der Waals surface area contributed by atoms with E-state index in [9.17, 15) is 4.79 Å². The predicted molar refractivity (Wildman–Crippen MR) is 118 cm³/mol. The Bertz CT molecular complexity index is 1170. The lowest BCUT2D eigenvalue weighted by Gasteiger charge is -2.10. The monoisotopic (exact) mass is 414 g/mol. The van der Waals surface area contributed by atoms with Gasteiger partial charge in [0.15, 0.2) is 17.2 Å². The molecule has 0 radical (unpaired) electrons. The van der Waals surface area contributed by atoms with E-state index in [2.05, 4.69) is 15.4 Å². The SMILES string of the molecule is COc1ccc(-c2cn(-c3ccccc3)nc2C(=O)NCc2ccncc2)cc1OC. The smallest absolute Gasteiger partial charge is 0.272 e. The van der Waals surface area contributed by atoms with Crippen LogP contribution in [0.5, 0.6) is 11.5 Å². The molecule has 2 aromatic heterocycles. The fraction of sp³-hybridized carbons (Fsp3) is 0.125. The third kappa shape index (κ3) is 4.40. The summed E-state index contributed by atoms with van der Waals surface area (Å²) in [7, 11) is 3.17. The van der Waals surface area contributed by atoms with Gasteiger partial charge in [-0.3, -0.25) is 9.78 Å². The second kappa shape index (κ2) is 9.13. The van der Waals surface area contributed by atoms with E-state index in [0.29, 0.717) is 29.3 Å². The molecule has 0 saturated heterocycles. The van der Waals surface area contributed by atoms with Gasteiger partial charge in [-0.1, -0.05) is 24.3 Å². The normalized spacial score (nSPS) is 10.5. The Balaban J connectivity index is 1.72. The van der Waals surface area contributed by atoms with Crippen LogP contribution in [-0.2, 0) is 6.54 Å². The topological polar surface area (TPSA) is 78.3 Å². The minimum atomic E-state index is -0.267. The summed E-state index contributed by atoms with van der Waals surface area (Å²) in [4.78, 5) is 17.1. The van der Waals surface area contributed by atoms with Crippen molar-refractivity contribution in [2.24, 2.45) is 0 Å². The van der Waals surface area contributed by atoms with Gasteiger partial charge in [0.05, 0.1) is 19.9 Å². The van der Waals surface area contributed by atoms with Gasteiger partial charge in [-0.25, -0.2) is 4.68 Å². The van der Waals surface area contributed by atoms with Gasteiger partial charge < -0.3 is 14.8 Å². The summed E-state index contributed by atoms with van der Waals surface area (Å²) in [6.45, 7) is 0.380. The largest absolute Gasteiger partial charge is 0.493 e. The number of nitrogens with zero attached hydrogens (tertiary/aromatic N) is 3. The van der Waals surface area contributed by atoms with Gasteiger partial charge in [-0.15, -0.1) is 0 Å². The molecule has 0 bridgehead atoms. The van der Waals surface area contributed by atoms with Gasteiger partial charge in [0.25, 0.3) is 5.91 Å². The highest BCUT2D eigenvalue weighted by Crippen LogP contribution is 2.34. The zero-order valence-electron chi connectivity index (χ0n) is 17.3. The minimum Gasteiger partial charge on any atom is -0.493 e. The molecule has 2 heterocycles. The van der Waals surface area contributed by atoms with E-state index in [1.807, 2.05) is 66.9 Å². The van der Waals surface area contributed by atoms with Crippen molar-refractivity contribution < 1.29 is 14.3 Å². The summed E-state index contributed by atoms with van der Waals surface area (Å²) < 4.78 is 12.5. The van der Waals surface area contributed by atoms with E-state index in [-0.39, 0.29) is 5.91 Å². The van der Waals surface area contributed by atoms with Crippen molar-refractivity contribution in [3.8, 4) is 28.3 Å². The highest BCUT2D eigenvalue weighted by atomic mass is 16.5. The molecule has 0 aliphatic heterocycles. The summed E-state index contributed by atoms with van der Waals surface area (Å²) in [6.07, 6.45) is 5.24. The molecule has 1 N–H and O–H groups in total. The minimum absolute atomic E-state index is 0.267. The lowest BCUT2D eigenvalue weighted by atomic mass is 10.1. The predicted octanol–water partition coefficient (Wildman–Crippen LogP) is 3.88. The molecule has 156 valence electrons. The Morgan fingerprint density at radius 3 is 2.42 bits per heavy atom. The number of amides is 1. The third-order valence-electron chi connectivity index (χ3n) is 4.85. The lowest BCUT2D eigenvalue weighted by molar-refractivity contribution is 0.0946. The molecule has 7 nitrogen and oxygen atoms in total. The zero-order valence-corrected chi connectivity index (χ0v) is 17.3. The molecule has 2 aromatic carbocycles. The fourth-order valence-corrected chi connectivity index (χ4v) is 3.24. The maximum Gasteiger partial charge on any atom is 0.272 e. The summed E-state index contributed by atoms with van der Waals surface area (Å²) in [5.74, 6) is 0.928. The molecule has 0 aliphatic rings. The molecule has 0 atom stereocenters. The first-order valence-electron chi connectivity index (χ1n) is 9.74. The van der Waals surface area contributed by atoms with Crippen LogP contribution in [0.15, 0.2) is 79.3 Å². The molecule has 0 spiro atoms. The van der Waals surface area contributed by atoms with Crippen molar-refractivity contribution in [3.05, 3.63) is 90.5 Å². The number of para-hydroxylation sites is 1. The number of rotatable bonds is 7. The van der Waals surface area contributed by atoms with Crippen molar-refractivity contribution in [1.29, 1.82) is 0 Å². The summed E-state index contributed by atoms with van der Waals surface area (Å²) in [5.41, 5.74) is 3.63. The first kappa shape index (κ1) is 20.2. The van der Waals surface area contributed by atoms with Crippen molar-refractivity contribution in [2.75, 3.05) is 14.2 Å². The van der Waals surface area contributed by atoms with Gasteiger partial charge in [-0.2, -0.15) is 5.10 Å². The average molecular weight is 414 g/mol. The average Bonchev–Trinajstić information content (AvgIpc) is 3.29.